The number of carboxylic acid groups (broad SMARTS) is 1. The average Bonchev–Trinajstić information content (AvgIpc) is 1.97. The van der Waals surface area contributed by atoms with Crippen LogP contribution in [-0.2, 0) is 9.59 Å². The molecule has 0 spiro atoms. The van der Waals surface area contributed by atoms with Gasteiger partial charge in [0.05, 0.1) is 0 Å². The number of carbonyl (C=O) groups excluding carboxylic acids is 1. The lowest BCUT2D eigenvalue weighted by molar-refractivity contribution is -0.132. The van der Waals surface area contributed by atoms with Crippen molar-refractivity contribution in [3.8, 4) is 0 Å². The Kier molecular flexibility index (Phi) is 23.5. The largest absolute Gasteiger partial charge is 0.478 e. The first kappa shape index (κ1) is 23.0. The Morgan fingerprint density at radius 1 is 1.21 bits per heavy atom. The van der Waals surface area contributed by atoms with Gasteiger partial charge in [-0.3, -0.25) is 0 Å². The molecule has 6 nitrogen and oxygen atoms in total. The van der Waals surface area contributed by atoms with Crippen molar-refractivity contribution in [3.05, 3.63) is 11.6 Å². The molecule has 0 atom stereocenters. The van der Waals surface area contributed by atoms with Gasteiger partial charge in [-0.2, -0.15) is 0 Å². The van der Waals surface area contributed by atoms with Crippen LogP contribution in [0.5, 0.6) is 0 Å². The van der Waals surface area contributed by atoms with Crippen LogP contribution in [0.3, 0.4) is 0 Å². The molecule has 0 heterocycles. The summed E-state index contributed by atoms with van der Waals surface area (Å²) in [4.78, 5) is 20.1. The van der Waals surface area contributed by atoms with E-state index in [2.05, 4.69) is 0 Å². The van der Waals surface area contributed by atoms with E-state index in [-0.39, 0.29) is 16.4 Å². The molecule has 0 saturated heterocycles. The van der Waals surface area contributed by atoms with Crippen LogP contribution in [0.15, 0.2) is 11.6 Å². The van der Waals surface area contributed by atoms with Crippen LogP contribution < -0.4 is 0 Å². The predicted octanol–water partition coefficient (Wildman–Crippen LogP) is -1.09. The molecule has 0 fully saturated rings. The topological polar surface area (TPSA) is 149 Å². The smallest absolute Gasteiger partial charge is 0.330 e. The lowest BCUT2D eigenvalue weighted by Gasteiger charge is -1.91. The third-order valence-corrected chi connectivity index (χ3v) is 1.31. The number of hydrogen-bond acceptors (Lipinski definition) is 2. The first-order valence-corrected chi connectivity index (χ1v) is 3.52. The third kappa shape index (κ3) is 13.4. The van der Waals surface area contributed by atoms with Crippen LogP contribution in [0.4, 0.5) is 0 Å². The second-order valence-electron chi connectivity index (χ2n) is 2.29. The van der Waals surface area contributed by atoms with Crippen LogP contribution in [0, 0.1) is 0 Å². The fourth-order valence-corrected chi connectivity index (χ4v) is 0.607. The number of aldehydes is 1. The van der Waals surface area contributed by atoms with Crippen molar-refractivity contribution in [2.24, 2.45) is 0 Å². The summed E-state index contributed by atoms with van der Waals surface area (Å²) in [7, 11) is 0. The first-order valence-electron chi connectivity index (χ1n) is 3.52. The Morgan fingerprint density at radius 3 is 2.07 bits per heavy atom. The summed E-state index contributed by atoms with van der Waals surface area (Å²) >= 11 is 0. The number of hydrogen-bond donors (Lipinski definition) is 1. The van der Waals surface area contributed by atoms with Crippen molar-refractivity contribution >= 4 is 12.3 Å². The minimum Gasteiger partial charge on any atom is -0.478 e. The second-order valence-corrected chi connectivity index (χ2v) is 2.29. The Hall–Kier alpha value is -1.24. The summed E-state index contributed by atoms with van der Waals surface area (Å²) in [5.74, 6) is -0.892. The van der Waals surface area contributed by atoms with Crippen molar-refractivity contribution in [2.75, 3.05) is 0 Å². The van der Waals surface area contributed by atoms with Gasteiger partial charge < -0.3 is 26.3 Å². The van der Waals surface area contributed by atoms with E-state index in [4.69, 9.17) is 5.11 Å². The van der Waals surface area contributed by atoms with E-state index in [0.29, 0.717) is 18.4 Å². The second kappa shape index (κ2) is 14.3. The summed E-state index contributed by atoms with van der Waals surface area (Å²) < 4.78 is 0. The highest BCUT2D eigenvalue weighted by Gasteiger charge is 1.96. The summed E-state index contributed by atoms with van der Waals surface area (Å²) in [6, 6.07) is 0. The Balaban J connectivity index is -0.000000167. The zero-order valence-corrected chi connectivity index (χ0v) is 8.04. The van der Waals surface area contributed by atoms with Gasteiger partial charge in [-0.15, -0.1) is 0 Å². The highest BCUT2D eigenvalue weighted by Crippen LogP contribution is 1.99. The van der Waals surface area contributed by atoms with E-state index in [1.54, 1.807) is 13.0 Å². The molecule has 0 aromatic heterocycles. The van der Waals surface area contributed by atoms with Gasteiger partial charge in [0.2, 0.25) is 0 Å². The number of allylic oxidation sites excluding steroid dienone is 1. The maximum absolute atomic E-state index is 10.2. The van der Waals surface area contributed by atoms with E-state index in [9.17, 15) is 9.59 Å². The normalized spacial score (nSPS) is 8.79. The SMILES string of the molecule is CC(=CCCCC=O)C(=O)O.O.O.O. The molecular formula is C8H18O6. The van der Waals surface area contributed by atoms with E-state index >= 15 is 0 Å². The summed E-state index contributed by atoms with van der Waals surface area (Å²) in [5.41, 5.74) is 0.343. The zero-order valence-electron chi connectivity index (χ0n) is 8.04. The molecule has 6 heteroatoms. The molecule has 0 rings (SSSR count). The first-order chi connectivity index (χ1) is 5.18. The van der Waals surface area contributed by atoms with Crippen LogP contribution >= 0.6 is 0 Å². The lowest BCUT2D eigenvalue weighted by atomic mass is 10.2. The highest BCUT2D eigenvalue weighted by molar-refractivity contribution is 5.85. The Morgan fingerprint density at radius 2 is 1.71 bits per heavy atom. The minimum atomic E-state index is -0.892. The molecular weight excluding hydrogens is 192 g/mol. The summed E-state index contributed by atoms with van der Waals surface area (Å²) in [6.07, 6.45) is 4.37. The van der Waals surface area contributed by atoms with Crippen LogP contribution in [-0.4, -0.2) is 33.8 Å². The standard InChI is InChI=1S/C8H12O3.3H2O/c1-7(8(10)11)5-3-2-4-6-9;;;/h5-6H,2-4H2,1H3,(H,10,11);3*1H2. The van der Waals surface area contributed by atoms with Gasteiger partial charge in [-0.1, -0.05) is 6.08 Å². The Bertz CT molecular complexity index is 175. The molecule has 86 valence electrons. The fraction of sp³-hybridized carbons (Fsp3) is 0.500. The van der Waals surface area contributed by atoms with E-state index < -0.39 is 5.97 Å². The lowest BCUT2D eigenvalue weighted by Crippen LogP contribution is -1.95. The molecule has 7 N–H and O–H groups in total. The molecule has 0 aliphatic carbocycles. The number of carboxylic acids is 1. The molecule has 0 radical (unpaired) electrons. The van der Waals surface area contributed by atoms with E-state index in [1.165, 1.54) is 0 Å². The van der Waals surface area contributed by atoms with Gasteiger partial charge in [0.15, 0.2) is 0 Å². The number of rotatable bonds is 5. The monoisotopic (exact) mass is 210 g/mol. The van der Waals surface area contributed by atoms with Gasteiger partial charge in [0, 0.05) is 12.0 Å². The number of carbonyl (C=O) groups is 2. The predicted molar refractivity (Wildman–Crippen MR) is 52.1 cm³/mol. The Labute approximate surface area is 82.2 Å². The number of unbranched alkanes of at least 4 members (excludes halogenated alkanes) is 2. The van der Waals surface area contributed by atoms with Gasteiger partial charge in [0.25, 0.3) is 0 Å². The van der Waals surface area contributed by atoms with Crippen LogP contribution in [0.2, 0.25) is 0 Å². The minimum absolute atomic E-state index is 0. The highest BCUT2D eigenvalue weighted by atomic mass is 16.4. The molecule has 0 bridgehead atoms. The van der Waals surface area contributed by atoms with Crippen LogP contribution in [0.1, 0.15) is 26.2 Å². The zero-order chi connectivity index (χ0) is 8.69. The summed E-state index contributed by atoms with van der Waals surface area (Å²) in [6.45, 7) is 1.54. The van der Waals surface area contributed by atoms with Gasteiger partial charge in [0.1, 0.15) is 6.29 Å². The molecule has 0 aliphatic rings. The van der Waals surface area contributed by atoms with Crippen LogP contribution in [0.25, 0.3) is 0 Å². The maximum atomic E-state index is 10.2. The van der Waals surface area contributed by atoms with E-state index in [1.807, 2.05) is 0 Å². The molecule has 0 aliphatic heterocycles. The van der Waals surface area contributed by atoms with Crippen molar-refractivity contribution in [1.29, 1.82) is 0 Å². The molecule has 0 aromatic carbocycles. The average molecular weight is 210 g/mol. The third-order valence-electron chi connectivity index (χ3n) is 1.31. The molecule has 0 unspecified atom stereocenters. The fourth-order valence-electron chi connectivity index (χ4n) is 0.607. The molecule has 0 saturated carbocycles. The van der Waals surface area contributed by atoms with Gasteiger partial charge >= 0.3 is 5.97 Å². The van der Waals surface area contributed by atoms with Gasteiger partial charge in [-0.05, 0) is 19.8 Å². The molecule has 14 heavy (non-hydrogen) atoms. The van der Waals surface area contributed by atoms with Crippen molar-refractivity contribution in [1.82, 2.24) is 0 Å². The van der Waals surface area contributed by atoms with E-state index in [0.717, 1.165) is 12.7 Å². The molecule has 0 amide bonds. The number of aliphatic carboxylic acids is 1. The van der Waals surface area contributed by atoms with Crippen molar-refractivity contribution < 1.29 is 31.1 Å². The van der Waals surface area contributed by atoms with Gasteiger partial charge in [-0.25, -0.2) is 4.79 Å². The maximum Gasteiger partial charge on any atom is 0.330 e. The van der Waals surface area contributed by atoms with Crippen molar-refractivity contribution in [3.63, 3.8) is 0 Å². The summed E-state index contributed by atoms with van der Waals surface area (Å²) in [5, 5.41) is 8.40. The van der Waals surface area contributed by atoms with Crippen molar-refractivity contribution in [2.45, 2.75) is 26.2 Å². The quantitative estimate of drug-likeness (QED) is 0.349. The molecule has 0 aromatic rings.